The molecule has 1 saturated carbocycles. The minimum Gasteiger partial charge on any atom is -0.389 e. The van der Waals surface area contributed by atoms with Crippen molar-refractivity contribution in [2.75, 3.05) is 6.54 Å². The standard InChI is InChI=1S/C16H26N2O/c1-3-14-7-9-16(19,10-8-14)12-18-13(2)15-6-4-5-11-17-15/h4-6,11,13-14,18-19H,3,7-10,12H2,1-2H3. The Morgan fingerprint density at radius 3 is 2.74 bits per heavy atom. The maximum Gasteiger partial charge on any atom is 0.0772 e. The Balaban J connectivity index is 1.82. The summed E-state index contributed by atoms with van der Waals surface area (Å²) in [5.41, 5.74) is 0.516. The first-order valence-corrected chi connectivity index (χ1v) is 7.49. The van der Waals surface area contributed by atoms with Gasteiger partial charge in [-0.1, -0.05) is 19.4 Å². The zero-order chi connectivity index (χ0) is 13.7. The summed E-state index contributed by atoms with van der Waals surface area (Å²) in [5.74, 6) is 0.813. The van der Waals surface area contributed by atoms with Crippen LogP contribution in [0.5, 0.6) is 0 Å². The molecular formula is C16H26N2O. The molecule has 3 nitrogen and oxygen atoms in total. The molecule has 0 radical (unpaired) electrons. The number of pyridine rings is 1. The van der Waals surface area contributed by atoms with E-state index in [9.17, 15) is 5.11 Å². The molecule has 0 bridgehead atoms. The van der Waals surface area contributed by atoms with E-state index in [1.165, 1.54) is 6.42 Å². The van der Waals surface area contributed by atoms with E-state index in [2.05, 4.69) is 24.1 Å². The van der Waals surface area contributed by atoms with E-state index in [1.807, 2.05) is 24.4 Å². The van der Waals surface area contributed by atoms with Crippen molar-refractivity contribution < 1.29 is 5.11 Å². The van der Waals surface area contributed by atoms with Crippen molar-refractivity contribution in [2.45, 2.75) is 57.6 Å². The van der Waals surface area contributed by atoms with Crippen molar-refractivity contribution in [3.05, 3.63) is 30.1 Å². The third-order valence-corrected chi connectivity index (χ3v) is 4.48. The van der Waals surface area contributed by atoms with Crippen LogP contribution in [0.25, 0.3) is 0 Å². The Morgan fingerprint density at radius 1 is 1.42 bits per heavy atom. The number of nitrogens with zero attached hydrogens (tertiary/aromatic N) is 1. The molecule has 1 unspecified atom stereocenters. The van der Waals surface area contributed by atoms with Crippen LogP contribution in [-0.4, -0.2) is 22.2 Å². The van der Waals surface area contributed by atoms with Gasteiger partial charge in [-0.15, -0.1) is 0 Å². The van der Waals surface area contributed by atoms with Crippen LogP contribution in [-0.2, 0) is 0 Å². The highest BCUT2D eigenvalue weighted by Crippen LogP contribution is 2.33. The summed E-state index contributed by atoms with van der Waals surface area (Å²) in [6.07, 6.45) is 7.22. The van der Waals surface area contributed by atoms with Gasteiger partial charge in [0.05, 0.1) is 11.3 Å². The Kier molecular flexibility index (Phi) is 4.94. The lowest BCUT2D eigenvalue weighted by Gasteiger charge is -2.36. The van der Waals surface area contributed by atoms with Crippen molar-refractivity contribution in [3.63, 3.8) is 0 Å². The lowest BCUT2D eigenvalue weighted by molar-refractivity contribution is -0.0104. The quantitative estimate of drug-likeness (QED) is 0.857. The second kappa shape index (κ2) is 6.49. The van der Waals surface area contributed by atoms with Crippen LogP contribution < -0.4 is 5.32 Å². The van der Waals surface area contributed by atoms with Gasteiger partial charge in [0.15, 0.2) is 0 Å². The fourth-order valence-corrected chi connectivity index (χ4v) is 2.88. The summed E-state index contributed by atoms with van der Waals surface area (Å²) in [6.45, 7) is 5.01. The molecule has 0 aromatic carbocycles. The predicted molar refractivity (Wildman–Crippen MR) is 77.9 cm³/mol. The number of nitrogens with one attached hydrogen (secondary N) is 1. The summed E-state index contributed by atoms with van der Waals surface area (Å²) >= 11 is 0. The Morgan fingerprint density at radius 2 is 2.16 bits per heavy atom. The van der Waals surface area contributed by atoms with Crippen LogP contribution >= 0.6 is 0 Å². The molecule has 0 spiro atoms. The SMILES string of the molecule is CCC1CCC(O)(CNC(C)c2ccccn2)CC1. The van der Waals surface area contributed by atoms with Crippen LogP contribution in [0.1, 0.15) is 57.7 Å². The molecule has 1 atom stereocenters. The molecular weight excluding hydrogens is 236 g/mol. The van der Waals surface area contributed by atoms with Gasteiger partial charge in [-0.05, 0) is 50.7 Å². The fourth-order valence-electron chi connectivity index (χ4n) is 2.88. The van der Waals surface area contributed by atoms with Gasteiger partial charge in [0, 0.05) is 18.8 Å². The lowest BCUT2D eigenvalue weighted by atomic mass is 9.78. The first-order chi connectivity index (χ1) is 9.13. The van der Waals surface area contributed by atoms with E-state index in [0.717, 1.165) is 37.3 Å². The second-order valence-corrected chi connectivity index (χ2v) is 5.93. The van der Waals surface area contributed by atoms with E-state index in [4.69, 9.17) is 0 Å². The van der Waals surface area contributed by atoms with Crippen molar-refractivity contribution >= 4 is 0 Å². The number of aliphatic hydroxyl groups is 1. The molecule has 0 amide bonds. The molecule has 1 fully saturated rings. The molecule has 19 heavy (non-hydrogen) atoms. The van der Waals surface area contributed by atoms with Crippen molar-refractivity contribution in [3.8, 4) is 0 Å². The Hall–Kier alpha value is -0.930. The topological polar surface area (TPSA) is 45.1 Å². The van der Waals surface area contributed by atoms with Crippen LogP contribution in [0.15, 0.2) is 24.4 Å². The van der Waals surface area contributed by atoms with Crippen molar-refractivity contribution in [1.29, 1.82) is 0 Å². The molecule has 1 aliphatic carbocycles. The van der Waals surface area contributed by atoms with Gasteiger partial charge in [0.1, 0.15) is 0 Å². The molecule has 106 valence electrons. The van der Waals surface area contributed by atoms with Crippen LogP contribution in [0, 0.1) is 5.92 Å². The smallest absolute Gasteiger partial charge is 0.0772 e. The highest BCUT2D eigenvalue weighted by atomic mass is 16.3. The van der Waals surface area contributed by atoms with Crippen molar-refractivity contribution in [2.24, 2.45) is 5.92 Å². The third-order valence-electron chi connectivity index (χ3n) is 4.48. The number of hydrogen-bond donors (Lipinski definition) is 2. The minimum absolute atomic E-state index is 0.189. The third kappa shape index (κ3) is 4.02. The molecule has 1 heterocycles. The summed E-state index contributed by atoms with van der Waals surface area (Å²) in [4.78, 5) is 4.35. The van der Waals surface area contributed by atoms with Gasteiger partial charge in [-0.2, -0.15) is 0 Å². The highest BCUT2D eigenvalue weighted by molar-refractivity contribution is 5.07. The van der Waals surface area contributed by atoms with Gasteiger partial charge >= 0.3 is 0 Å². The Bertz CT molecular complexity index is 372. The first kappa shape index (κ1) is 14.5. The molecule has 1 aromatic rings. The summed E-state index contributed by atoms with van der Waals surface area (Å²) < 4.78 is 0. The normalized spacial score (nSPS) is 29.1. The van der Waals surface area contributed by atoms with Crippen LogP contribution in [0.2, 0.25) is 0 Å². The minimum atomic E-state index is -0.519. The zero-order valence-corrected chi connectivity index (χ0v) is 12.1. The van der Waals surface area contributed by atoms with E-state index in [-0.39, 0.29) is 6.04 Å². The molecule has 2 rings (SSSR count). The van der Waals surface area contributed by atoms with Crippen LogP contribution in [0.4, 0.5) is 0 Å². The van der Waals surface area contributed by atoms with E-state index < -0.39 is 5.60 Å². The largest absolute Gasteiger partial charge is 0.389 e. The first-order valence-electron chi connectivity index (χ1n) is 7.49. The van der Waals surface area contributed by atoms with E-state index >= 15 is 0 Å². The van der Waals surface area contributed by atoms with E-state index in [0.29, 0.717) is 6.54 Å². The average molecular weight is 262 g/mol. The molecule has 0 aliphatic heterocycles. The summed E-state index contributed by atoms with van der Waals surface area (Å²) in [5, 5.41) is 14.0. The molecule has 0 saturated heterocycles. The lowest BCUT2D eigenvalue weighted by Crippen LogP contribution is -2.44. The zero-order valence-electron chi connectivity index (χ0n) is 12.1. The maximum atomic E-state index is 10.6. The van der Waals surface area contributed by atoms with Crippen LogP contribution in [0.3, 0.4) is 0 Å². The molecule has 2 N–H and O–H groups in total. The number of hydrogen-bond acceptors (Lipinski definition) is 3. The van der Waals surface area contributed by atoms with Gasteiger partial charge in [-0.25, -0.2) is 0 Å². The van der Waals surface area contributed by atoms with Crippen molar-refractivity contribution in [1.82, 2.24) is 10.3 Å². The van der Waals surface area contributed by atoms with Gasteiger partial charge in [0.25, 0.3) is 0 Å². The summed E-state index contributed by atoms with van der Waals surface area (Å²) in [7, 11) is 0. The molecule has 1 aliphatic rings. The van der Waals surface area contributed by atoms with E-state index in [1.54, 1.807) is 0 Å². The molecule has 3 heteroatoms. The van der Waals surface area contributed by atoms with Gasteiger partial charge in [-0.3, -0.25) is 4.98 Å². The predicted octanol–water partition coefficient (Wildman–Crippen LogP) is 3.06. The number of rotatable bonds is 5. The van der Waals surface area contributed by atoms with Gasteiger partial charge < -0.3 is 10.4 Å². The van der Waals surface area contributed by atoms with Gasteiger partial charge in [0.2, 0.25) is 0 Å². The molecule has 1 aromatic heterocycles. The second-order valence-electron chi connectivity index (χ2n) is 5.93. The Labute approximate surface area is 116 Å². The maximum absolute atomic E-state index is 10.6. The summed E-state index contributed by atoms with van der Waals surface area (Å²) in [6, 6.07) is 6.14. The fraction of sp³-hybridized carbons (Fsp3) is 0.688. The average Bonchev–Trinajstić information content (AvgIpc) is 2.47. The number of aromatic nitrogens is 1. The highest BCUT2D eigenvalue weighted by Gasteiger charge is 2.32. The monoisotopic (exact) mass is 262 g/mol.